The van der Waals surface area contributed by atoms with E-state index in [9.17, 15) is 9.59 Å². The summed E-state index contributed by atoms with van der Waals surface area (Å²) in [6, 6.07) is 7.97. The second kappa shape index (κ2) is 8.77. The van der Waals surface area contributed by atoms with Gasteiger partial charge in [0.05, 0.1) is 13.2 Å². The van der Waals surface area contributed by atoms with E-state index in [1.54, 1.807) is 0 Å². The topological polar surface area (TPSA) is 62.2 Å². The van der Waals surface area contributed by atoms with E-state index >= 15 is 0 Å². The van der Waals surface area contributed by atoms with Gasteiger partial charge in [0, 0.05) is 48.8 Å². The lowest BCUT2D eigenvalue weighted by molar-refractivity contribution is -0.138. The molecule has 1 atom stereocenters. The van der Waals surface area contributed by atoms with Crippen molar-refractivity contribution < 1.29 is 14.3 Å². The molecule has 6 nitrogen and oxygen atoms in total. The van der Waals surface area contributed by atoms with Crippen LogP contribution in [0.25, 0.3) is 5.57 Å². The van der Waals surface area contributed by atoms with Crippen molar-refractivity contribution in [3.63, 3.8) is 0 Å². The molecular formula is C26H29N3O3. The number of carbonyl (C=O) groups excluding carboxylic acids is 2. The summed E-state index contributed by atoms with van der Waals surface area (Å²) in [5, 5.41) is 0. The number of fused-ring (bicyclic) bond motifs is 3. The summed E-state index contributed by atoms with van der Waals surface area (Å²) >= 11 is 0. The van der Waals surface area contributed by atoms with Gasteiger partial charge in [-0.3, -0.25) is 9.79 Å². The Hall–Kier alpha value is -3.15. The van der Waals surface area contributed by atoms with Crippen LogP contribution in [0.1, 0.15) is 48.5 Å². The molecule has 0 spiro atoms. The highest BCUT2D eigenvalue weighted by Crippen LogP contribution is 2.37. The maximum atomic E-state index is 12.7. The number of ether oxygens (including phenoxy) is 1. The van der Waals surface area contributed by atoms with Crippen LogP contribution in [0.15, 0.2) is 58.8 Å². The zero-order valence-electron chi connectivity index (χ0n) is 18.5. The van der Waals surface area contributed by atoms with E-state index in [4.69, 9.17) is 4.74 Å². The Kier molecular flexibility index (Phi) is 5.68. The first kappa shape index (κ1) is 20.7. The van der Waals surface area contributed by atoms with Crippen LogP contribution in [0.5, 0.6) is 0 Å². The number of hydrogen-bond donors (Lipinski definition) is 0. The number of nitrogens with zero attached hydrogens (tertiary/aromatic N) is 3. The first-order valence-corrected chi connectivity index (χ1v) is 11.6. The molecule has 1 aromatic carbocycles. The van der Waals surface area contributed by atoms with Gasteiger partial charge in [-0.15, -0.1) is 0 Å². The number of amides is 1. The second-order valence-corrected chi connectivity index (χ2v) is 8.69. The van der Waals surface area contributed by atoms with Crippen LogP contribution in [-0.2, 0) is 9.53 Å². The van der Waals surface area contributed by atoms with Gasteiger partial charge < -0.3 is 14.5 Å². The fourth-order valence-corrected chi connectivity index (χ4v) is 5.00. The van der Waals surface area contributed by atoms with Gasteiger partial charge in [0.15, 0.2) is 0 Å². The fourth-order valence-electron chi connectivity index (χ4n) is 5.00. The van der Waals surface area contributed by atoms with Crippen molar-refractivity contribution >= 4 is 23.3 Å². The summed E-state index contributed by atoms with van der Waals surface area (Å²) in [6.45, 7) is 5.53. The molecule has 32 heavy (non-hydrogen) atoms. The van der Waals surface area contributed by atoms with E-state index in [0.29, 0.717) is 18.6 Å². The minimum Gasteiger partial charge on any atom is -0.463 e. The van der Waals surface area contributed by atoms with Crippen LogP contribution < -0.4 is 0 Å². The quantitative estimate of drug-likeness (QED) is 0.680. The Bertz CT molecular complexity index is 1040. The molecule has 1 aromatic rings. The fraction of sp³-hybridized carbons (Fsp3) is 0.423. The average Bonchev–Trinajstić information content (AvgIpc) is 3.49. The highest BCUT2D eigenvalue weighted by atomic mass is 16.5. The van der Waals surface area contributed by atoms with Crippen molar-refractivity contribution in [3.8, 4) is 0 Å². The lowest BCUT2D eigenvalue weighted by Crippen LogP contribution is -2.30. The van der Waals surface area contributed by atoms with Gasteiger partial charge in [-0.2, -0.15) is 0 Å². The molecule has 5 rings (SSSR count). The van der Waals surface area contributed by atoms with Crippen molar-refractivity contribution in [1.29, 1.82) is 0 Å². The van der Waals surface area contributed by atoms with Crippen molar-refractivity contribution in [2.45, 2.75) is 32.6 Å². The Balaban J connectivity index is 1.40. The molecule has 1 saturated heterocycles. The van der Waals surface area contributed by atoms with Crippen molar-refractivity contribution in [1.82, 2.24) is 9.80 Å². The van der Waals surface area contributed by atoms with Gasteiger partial charge in [0.25, 0.3) is 5.91 Å². The lowest BCUT2D eigenvalue weighted by Gasteiger charge is -2.29. The SMILES string of the molecule is CCOC(=O)C1=CC2CC=C(c3ccc(C(=O)N4CCCC4)cc3)C=C2N2CCN=C2C1. The van der Waals surface area contributed by atoms with Crippen LogP contribution in [0.4, 0.5) is 0 Å². The smallest absolute Gasteiger partial charge is 0.334 e. The Morgan fingerprint density at radius 2 is 1.91 bits per heavy atom. The van der Waals surface area contributed by atoms with Gasteiger partial charge in [-0.25, -0.2) is 4.79 Å². The van der Waals surface area contributed by atoms with E-state index in [2.05, 4.69) is 28.1 Å². The third-order valence-electron chi connectivity index (χ3n) is 6.66. The number of hydrogen-bond acceptors (Lipinski definition) is 5. The molecule has 3 aliphatic heterocycles. The largest absolute Gasteiger partial charge is 0.463 e. The average molecular weight is 432 g/mol. The minimum atomic E-state index is -0.240. The first-order valence-electron chi connectivity index (χ1n) is 11.6. The van der Waals surface area contributed by atoms with Gasteiger partial charge >= 0.3 is 5.97 Å². The van der Waals surface area contributed by atoms with E-state index in [0.717, 1.165) is 68.0 Å². The third kappa shape index (κ3) is 3.90. The monoisotopic (exact) mass is 431 g/mol. The van der Waals surface area contributed by atoms with Crippen LogP contribution in [-0.4, -0.2) is 60.3 Å². The molecule has 0 aromatic heterocycles. The van der Waals surface area contributed by atoms with E-state index in [1.165, 1.54) is 5.70 Å². The molecule has 166 valence electrons. The van der Waals surface area contributed by atoms with E-state index in [1.807, 2.05) is 36.1 Å². The predicted octanol–water partition coefficient (Wildman–Crippen LogP) is 3.82. The summed E-state index contributed by atoms with van der Waals surface area (Å²) in [4.78, 5) is 34.0. The van der Waals surface area contributed by atoms with Crippen molar-refractivity contribution in [3.05, 3.63) is 64.9 Å². The number of likely N-dealkylation sites (tertiary alicyclic amines) is 1. The lowest BCUT2D eigenvalue weighted by atomic mass is 9.88. The van der Waals surface area contributed by atoms with Crippen molar-refractivity contribution in [2.24, 2.45) is 10.9 Å². The molecule has 1 fully saturated rings. The van der Waals surface area contributed by atoms with Gasteiger partial charge in [-0.1, -0.05) is 24.3 Å². The maximum absolute atomic E-state index is 12.7. The highest BCUT2D eigenvalue weighted by Gasteiger charge is 2.33. The molecule has 0 radical (unpaired) electrons. The molecule has 1 unspecified atom stereocenters. The minimum absolute atomic E-state index is 0.128. The Morgan fingerprint density at radius 3 is 2.66 bits per heavy atom. The second-order valence-electron chi connectivity index (χ2n) is 8.69. The zero-order chi connectivity index (χ0) is 22.1. The van der Waals surface area contributed by atoms with Gasteiger partial charge in [-0.05, 0) is 55.5 Å². The Labute approximate surface area is 188 Å². The summed E-state index contributed by atoms with van der Waals surface area (Å²) < 4.78 is 5.28. The van der Waals surface area contributed by atoms with Crippen molar-refractivity contribution in [2.75, 3.05) is 32.8 Å². The molecule has 4 aliphatic rings. The van der Waals surface area contributed by atoms with Gasteiger partial charge in [0.1, 0.15) is 5.84 Å². The van der Waals surface area contributed by atoms with Crippen LogP contribution in [0.3, 0.4) is 0 Å². The van der Waals surface area contributed by atoms with Gasteiger partial charge in [0.2, 0.25) is 0 Å². The normalized spacial score (nSPS) is 22.2. The van der Waals surface area contributed by atoms with E-state index < -0.39 is 0 Å². The maximum Gasteiger partial charge on any atom is 0.334 e. The number of allylic oxidation sites excluding steroid dienone is 4. The number of benzene rings is 1. The molecule has 6 heteroatoms. The standard InChI is InChI=1S/C26H29N3O3/c1-2-32-26(31)22-15-21-10-9-20(16-23(21)29-14-11-27-24(29)17-22)18-5-7-19(8-6-18)25(30)28-12-3-4-13-28/h5-9,15-16,21H,2-4,10-14,17H2,1H3. The van der Waals surface area contributed by atoms with E-state index in [-0.39, 0.29) is 17.8 Å². The summed E-state index contributed by atoms with van der Waals surface area (Å²) in [5.41, 5.74) is 4.90. The number of rotatable bonds is 4. The van der Waals surface area contributed by atoms with Crippen LogP contribution >= 0.6 is 0 Å². The number of aliphatic imine (C=N–C) groups is 1. The first-order chi connectivity index (χ1) is 15.6. The predicted molar refractivity (Wildman–Crippen MR) is 124 cm³/mol. The van der Waals surface area contributed by atoms with Crippen LogP contribution in [0.2, 0.25) is 0 Å². The summed E-state index contributed by atoms with van der Waals surface area (Å²) in [5.74, 6) is 0.977. The molecule has 1 amide bonds. The molecular weight excluding hydrogens is 402 g/mol. The third-order valence-corrected chi connectivity index (χ3v) is 6.66. The number of amidine groups is 1. The molecule has 1 aliphatic carbocycles. The number of carbonyl (C=O) groups is 2. The molecule has 0 N–H and O–H groups in total. The zero-order valence-corrected chi connectivity index (χ0v) is 18.5. The van der Waals surface area contributed by atoms with Crippen LogP contribution in [0, 0.1) is 5.92 Å². The summed E-state index contributed by atoms with van der Waals surface area (Å²) in [7, 11) is 0. The molecule has 3 heterocycles. The Morgan fingerprint density at radius 1 is 1.12 bits per heavy atom. The molecule has 0 bridgehead atoms. The molecule has 0 saturated carbocycles. The highest BCUT2D eigenvalue weighted by molar-refractivity contribution is 5.99. The number of esters is 1. The summed E-state index contributed by atoms with van der Waals surface area (Å²) in [6.07, 6.45) is 10.0.